The summed E-state index contributed by atoms with van der Waals surface area (Å²) in [6.07, 6.45) is 0.155. The lowest BCUT2D eigenvalue weighted by molar-refractivity contribution is -0.128. The number of carbonyl (C=O) groups is 1. The van der Waals surface area contributed by atoms with Crippen LogP contribution in [-0.4, -0.2) is 5.78 Å². The maximum Gasteiger partial charge on any atom is 0.139 e. The molecule has 0 N–H and O–H groups in total. The maximum atomic E-state index is 11.9. The fourth-order valence-corrected chi connectivity index (χ4v) is 2.48. The molecule has 2 atom stereocenters. The number of carbonyl (C=O) groups excluding carboxylic acids is 1. The third-order valence-electron chi connectivity index (χ3n) is 4.03. The molecule has 11 heavy (non-hydrogen) atoms. The molecule has 0 aliphatic heterocycles. The summed E-state index contributed by atoms with van der Waals surface area (Å²) in [6.45, 7) is 6.00. The fourth-order valence-electron chi connectivity index (χ4n) is 2.48. The number of hydrogen-bond acceptors (Lipinski definition) is 1. The van der Waals surface area contributed by atoms with Crippen molar-refractivity contribution in [3.8, 4) is 0 Å². The molecule has 1 heteroatoms. The Morgan fingerprint density at radius 2 is 2.18 bits per heavy atom. The standard InChI is InChI=1S/C10H16O/c1-9(2)7-4-5-10(9,3)8(11)6-7/h7H,4-6H2,1-3H3/i6D2. The van der Waals surface area contributed by atoms with E-state index in [1.54, 1.807) is 0 Å². The van der Waals surface area contributed by atoms with Gasteiger partial charge in [-0.3, -0.25) is 4.79 Å². The molecule has 2 unspecified atom stereocenters. The van der Waals surface area contributed by atoms with Gasteiger partial charge in [0.15, 0.2) is 0 Å². The Balaban J connectivity index is 2.58. The molecule has 62 valence electrons. The number of ketones is 1. The number of fused-ring (bicyclic) bond motifs is 2. The third kappa shape index (κ3) is 0.605. The highest BCUT2D eigenvalue weighted by Crippen LogP contribution is 2.63. The molecule has 2 saturated carbocycles. The second-order valence-electron chi connectivity index (χ2n) is 4.62. The predicted molar refractivity (Wildman–Crippen MR) is 44.2 cm³/mol. The first kappa shape index (κ1) is 5.34. The summed E-state index contributed by atoms with van der Waals surface area (Å²) in [6, 6.07) is 0. The highest BCUT2D eigenvalue weighted by Gasteiger charge is 2.61. The molecule has 2 fully saturated rings. The minimum Gasteiger partial charge on any atom is -0.299 e. The quantitative estimate of drug-likeness (QED) is 0.523. The van der Waals surface area contributed by atoms with E-state index in [1.807, 2.05) is 20.8 Å². The number of rotatable bonds is 0. The van der Waals surface area contributed by atoms with Crippen LogP contribution in [-0.2, 0) is 4.79 Å². The lowest BCUT2D eigenvalue weighted by Gasteiger charge is -2.32. The second-order valence-corrected chi connectivity index (χ2v) is 4.62. The van der Waals surface area contributed by atoms with Gasteiger partial charge in [0.25, 0.3) is 0 Å². The van der Waals surface area contributed by atoms with Crippen LogP contribution in [0.1, 0.15) is 42.7 Å². The monoisotopic (exact) mass is 154 g/mol. The van der Waals surface area contributed by atoms with Gasteiger partial charge in [-0.1, -0.05) is 20.8 Å². The van der Waals surface area contributed by atoms with Crippen LogP contribution in [0.15, 0.2) is 0 Å². The van der Waals surface area contributed by atoms with E-state index in [1.165, 1.54) is 0 Å². The van der Waals surface area contributed by atoms with Crippen molar-refractivity contribution < 1.29 is 7.54 Å². The zero-order valence-electron chi connectivity index (χ0n) is 9.40. The molecule has 0 radical (unpaired) electrons. The summed E-state index contributed by atoms with van der Waals surface area (Å²) in [5, 5.41) is 0. The zero-order chi connectivity index (χ0) is 10.1. The van der Waals surface area contributed by atoms with Crippen LogP contribution in [0.25, 0.3) is 0 Å². The van der Waals surface area contributed by atoms with Crippen molar-refractivity contribution in [3.63, 3.8) is 0 Å². The molecular weight excluding hydrogens is 136 g/mol. The van der Waals surface area contributed by atoms with Gasteiger partial charge in [0.05, 0.1) is 0 Å². The maximum absolute atomic E-state index is 11.9. The Hall–Kier alpha value is -0.330. The van der Waals surface area contributed by atoms with Crippen molar-refractivity contribution in [2.45, 2.75) is 40.0 Å². The van der Waals surface area contributed by atoms with Crippen LogP contribution < -0.4 is 0 Å². The van der Waals surface area contributed by atoms with E-state index in [4.69, 9.17) is 2.74 Å². The van der Waals surface area contributed by atoms with Gasteiger partial charge in [0.2, 0.25) is 0 Å². The van der Waals surface area contributed by atoms with Gasteiger partial charge in [-0.15, -0.1) is 0 Å². The largest absolute Gasteiger partial charge is 0.299 e. The summed E-state index contributed by atoms with van der Waals surface area (Å²) < 4.78 is 15.6. The molecule has 2 rings (SSSR count). The Morgan fingerprint density at radius 1 is 1.55 bits per heavy atom. The van der Waals surface area contributed by atoms with Crippen LogP contribution in [0.4, 0.5) is 0 Å². The molecule has 1 nitrogen and oxygen atoms in total. The molecular formula is C10H16O. The van der Waals surface area contributed by atoms with Gasteiger partial charge in [0, 0.05) is 14.5 Å². The summed E-state index contributed by atoms with van der Waals surface area (Å²) in [5.41, 5.74) is -0.575. The number of hydrogen-bond donors (Lipinski definition) is 0. The van der Waals surface area contributed by atoms with E-state index in [0.717, 1.165) is 12.8 Å². The molecule has 0 aromatic heterocycles. The van der Waals surface area contributed by atoms with Crippen molar-refractivity contribution in [2.75, 3.05) is 0 Å². The Bertz CT molecular complexity index is 283. The van der Waals surface area contributed by atoms with Gasteiger partial charge < -0.3 is 0 Å². The SMILES string of the molecule is [2H]C1([2H])C(=O)C2(C)CCC1C2(C)C. The first-order valence-electron chi connectivity index (χ1n) is 5.29. The molecule has 0 aromatic carbocycles. The minimum atomic E-state index is -1.57. The smallest absolute Gasteiger partial charge is 0.139 e. The average molecular weight is 154 g/mol. The molecule has 2 aliphatic carbocycles. The van der Waals surface area contributed by atoms with Crippen LogP contribution >= 0.6 is 0 Å². The molecule has 0 spiro atoms. The first-order valence-corrected chi connectivity index (χ1v) is 4.29. The predicted octanol–water partition coefficient (Wildman–Crippen LogP) is 2.40. The average Bonchev–Trinajstić information content (AvgIpc) is 2.26. The van der Waals surface area contributed by atoms with Gasteiger partial charge >= 0.3 is 0 Å². The van der Waals surface area contributed by atoms with E-state index < -0.39 is 11.8 Å². The van der Waals surface area contributed by atoms with Gasteiger partial charge in [-0.25, -0.2) is 0 Å². The molecule has 0 heterocycles. The summed E-state index contributed by atoms with van der Waals surface area (Å²) in [5.74, 6) is -0.237. The molecule has 0 aromatic rings. The highest BCUT2D eigenvalue weighted by molar-refractivity contribution is 5.89. The Morgan fingerprint density at radius 3 is 2.45 bits per heavy atom. The molecule has 0 amide bonds. The van der Waals surface area contributed by atoms with Crippen molar-refractivity contribution in [1.29, 1.82) is 0 Å². The highest BCUT2D eigenvalue weighted by atomic mass is 16.1. The van der Waals surface area contributed by atoms with Crippen LogP contribution in [0.2, 0.25) is 0 Å². The van der Waals surface area contributed by atoms with Gasteiger partial charge in [-0.05, 0) is 24.2 Å². The normalized spacial score (nSPS) is 54.1. The van der Waals surface area contributed by atoms with Gasteiger partial charge in [-0.2, -0.15) is 0 Å². The number of Topliss-reactive ketones (excluding diaryl/α,β-unsaturated/α-hetero) is 1. The van der Waals surface area contributed by atoms with Crippen molar-refractivity contribution in [2.24, 2.45) is 16.7 Å². The van der Waals surface area contributed by atoms with Crippen molar-refractivity contribution in [1.82, 2.24) is 0 Å². The van der Waals surface area contributed by atoms with E-state index in [2.05, 4.69) is 0 Å². The second kappa shape index (κ2) is 1.70. The topological polar surface area (TPSA) is 17.1 Å². The lowest BCUT2D eigenvalue weighted by Crippen LogP contribution is -2.32. The molecule has 0 saturated heterocycles. The zero-order valence-corrected chi connectivity index (χ0v) is 7.40. The lowest BCUT2D eigenvalue weighted by atomic mass is 9.70. The summed E-state index contributed by atoms with van der Waals surface area (Å²) in [7, 11) is 0. The first-order chi connectivity index (χ1) is 5.74. The van der Waals surface area contributed by atoms with E-state index in [-0.39, 0.29) is 17.1 Å². The summed E-state index contributed by atoms with van der Waals surface area (Å²) >= 11 is 0. The van der Waals surface area contributed by atoms with Crippen molar-refractivity contribution in [3.05, 3.63) is 0 Å². The van der Waals surface area contributed by atoms with Crippen molar-refractivity contribution >= 4 is 5.78 Å². The minimum absolute atomic E-state index is 0.0718. The fraction of sp³-hybridized carbons (Fsp3) is 0.900. The van der Waals surface area contributed by atoms with Gasteiger partial charge in [0.1, 0.15) is 5.78 Å². The van der Waals surface area contributed by atoms with Crippen LogP contribution in [0, 0.1) is 16.7 Å². The van der Waals surface area contributed by atoms with E-state index in [0.29, 0.717) is 0 Å². The van der Waals surface area contributed by atoms with Crippen LogP contribution in [0.5, 0.6) is 0 Å². The molecule has 2 aliphatic rings. The Labute approximate surface area is 71.0 Å². The van der Waals surface area contributed by atoms with E-state index in [9.17, 15) is 4.79 Å². The molecule has 2 bridgehead atoms. The Kier molecular flexibility index (Phi) is 0.826. The van der Waals surface area contributed by atoms with Crippen LogP contribution in [0.3, 0.4) is 0 Å². The third-order valence-corrected chi connectivity index (χ3v) is 4.03. The summed E-state index contributed by atoms with van der Waals surface area (Å²) in [4.78, 5) is 11.9. The van der Waals surface area contributed by atoms with E-state index >= 15 is 0 Å².